The average Bonchev–Trinajstić information content (AvgIpc) is 3.03. The maximum atomic E-state index is 12.0. The summed E-state index contributed by atoms with van der Waals surface area (Å²) >= 11 is 1.54. The second kappa shape index (κ2) is 8.13. The largest absolute Gasteiger partial charge is 0.452 e. The second-order valence-electron chi connectivity index (χ2n) is 5.36. The van der Waals surface area contributed by atoms with Crippen molar-refractivity contribution in [2.75, 3.05) is 24.6 Å². The molecule has 0 radical (unpaired) electrons. The molecule has 0 aliphatic rings. The normalized spacial score (nSPS) is 11.0. The fraction of sp³-hybridized carbons (Fsp3) is 0.250. The summed E-state index contributed by atoms with van der Waals surface area (Å²) < 4.78 is 29.7. The van der Waals surface area contributed by atoms with Crippen LogP contribution in [0.2, 0.25) is 0 Å². The maximum Gasteiger partial charge on any atom is 0.338 e. The number of thiophene rings is 1. The number of carbonyl (C=O) groups is 2. The molecule has 2 rings (SSSR count). The predicted octanol–water partition coefficient (Wildman–Crippen LogP) is 1.94. The van der Waals surface area contributed by atoms with Gasteiger partial charge in [0, 0.05) is 17.6 Å². The molecule has 9 heteroatoms. The van der Waals surface area contributed by atoms with E-state index < -0.39 is 16.0 Å². The Hall–Kier alpha value is -2.39. The lowest BCUT2D eigenvalue weighted by Crippen LogP contribution is -2.30. The first kappa shape index (κ1) is 18.9. The number of nitrogens with zero attached hydrogens (tertiary/aromatic N) is 1. The SMILES string of the molecule is CN(Cc1cccs1)C(=O)COC(=O)c1cccc(NS(C)(=O)=O)c1. The van der Waals surface area contributed by atoms with Gasteiger partial charge >= 0.3 is 5.97 Å². The summed E-state index contributed by atoms with van der Waals surface area (Å²) in [6.07, 6.45) is 1.01. The number of esters is 1. The van der Waals surface area contributed by atoms with Gasteiger partial charge in [0.05, 0.1) is 18.4 Å². The number of benzene rings is 1. The number of amides is 1. The summed E-state index contributed by atoms with van der Waals surface area (Å²) in [5.74, 6) is -1.03. The summed E-state index contributed by atoms with van der Waals surface area (Å²) in [5, 5.41) is 1.92. The Morgan fingerprint density at radius 2 is 2.00 bits per heavy atom. The van der Waals surface area contributed by atoms with Crippen LogP contribution < -0.4 is 4.72 Å². The van der Waals surface area contributed by atoms with Gasteiger partial charge in [-0.1, -0.05) is 12.1 Å². The number of rotatable bonds is 7. The van der Waals surface area contributed by atoms with E-state index >= 15 is 0 Å². The highest BCUT2D eigenvalue weighted by molar-refractivity contribution is 7.92. The minimum Gasteiger partial charge on any atom is -0.452 e. The van der Waals surface area contributed by atoms with E-state index in [0.717, 1.165) is 11.1 Å². The van der Waals surface area contributed by atoms with E-state index in [1.54, 1.807) is 7.05 Å². The van der Waals surface area contributed by atoms with Crippen molar-refractivity contribution in [3.05, 3.63) is 52.2 Å². The van der Waals surface area contributed by atoms with Crippen LogP contribution >= 0.6 is 11.3 Å². The van der Waals surface area contributed by atoms with Crippen molar-refractivity contribution in [2.24, 2.45) is 0 Å². The Morgan fingerprint density at radius 3 is 2.64 bits per heavy atom. The Balaban J connectivity index is 1.91. The van der Waals surface area contributed by atoms with Gasteiger partial charge in [0.2, 0.25) is 10.0 Å². The highest BCUT2D eigenvalue weighted by Crippen LogP contribution is 2.14. The lowest BCUT2D eigenvalue weighted by molar-refractivity contribution is -0.133. The Morgan fingerprint density at radius 1 is 1.24 bits per heavy atom. The van der Waals surface area contributed by atoms with Gasteiger partial charge in [-0.25, -0.2) is 13.2 Å². The standard InChI is InChI=1S/C16H18N2O5S2/c1-18(10-14-7-4-8-24-14)15(19)11-23-16(20)12-5-3-6-13(9-12)17-25(2,21)22/h3-9,17H,10-11H2,1-2H3. The number of sulfonamides is 1. The summed E-state index contributed by atoms with van der Waals surface area (Å²) in [6.45, 7) is 0.0618. The van der Waals surface area contributed by atoms with Gasteiger partial charge in [0.25, 0.3) is 5.91 Å². The van der Waals surface area contributed by atoms with Crippen molar-refractivity contribution < 1.29 is 22.7 Å². The topological polar surface area (TPSA) is 92.8 Å². The minimum absolute atomic E-state index is 0.155. The molecule has 0 saturated carbocycles. The monoisotopic (exact) mass is 382 g/mol. The van der Waals surface area contributed by atoms with E-state index in [9.17, 15) is 18.0 Å². The average molecular weight is 382 g/mol. The zero-order valence-corrected chi connectivity index (χ0v) is 15.4. The van der Waals surface area contributed by atoms with E-state index in [1.807, 2.05) is 17.5 Å². The van der Waals surface area contributed by atoms with Crippen LogP contribution in [0.25, 0.3) is 0 Å². The molecular formula is C16H18N2O5S2. The molecule has 0 saturated heterocycles. The van der Waals surface area contributed by atoms with Crippen LogP contribution in [-0.2, 0) is 26.1 Å². The van der Waals surface area contributed by atoms with Crippen LogP contribution in [0.15, 0.2) is 41.8 Å². The smallest absolute Gasteiger partial charge is 0.338 e. The maximum absolute atomic E-state index is 12.0. The van der Waals surface area contributed by atoms with Crippen molar-refractivity contribution in [3.63, 3.8) is 0 Å². The zero-order valence-electron chi connectivity index (χ0n) is 13.8. The molecule has 2 aromatic rings. The van der Waals surface area contributed by atoms with Crippen molar-refractivity contribution >= 4 is 38.9 Å². The quantitative estimate of drug-likeness (QED) is 0.739. The molecule has 0 atom stereocenters. The number of hydrogen-bond donors (Lipinski definition) is 1. The molecule has 0 fully saturated rings. The molecule has 0 aliphatic carbocycles. The molecule has 25 heavy (non-hydrogen) atoms. The molecule has 1 aromatic heterocycles. The molecule has 1 aromatic carbocycles. The van der Waals surface area contributed by atoms with Crippen molar-refractivity contribution in [1.29, 1.82) is 0 Å². The van der Waals surface area contributed by atoms with Crippen LogP contribution in [0.3, 0.4) is 0 Å². The van der Waals surface area contributed by atoms with Crippen molar-refractivity contribution in [2.45, 2.75) is 6.54 Å². The third kappa shape index (κ3) is 6.20. The molecule has 7 nitrogen and oxygen atoms in total. The van der Waals surface area contributed by atoms with Gasteiger partial charge < -0.3 is 9.64 Å². The summed E-state index contributed by atoms with van der Waals surface area (Å²) in [4.78, 5) is 26.6. The van der Waals surface area contributed by atoms with Gasteiger partial charge in [0.15, 0.2) is 6.61 Å². The van der Waals surface area contributed by atoms with Crippen molar-refractivity contribution in [1.82, 2.24) is 4.90 Å². The summed E-state index contributed by atoms with van der Waals surface area (Å²) in [7, 11) is -1.81. The molecule has 1 N–H and O–H groups in total. The lowest BCUT2D eigenvalue weighted by atomic mass is 10.2. The van der Waals surface area contributed by atoms with Gasteiger partial charge in [-0.3, -0.25) is 9.52 Å². The fourth-order valence-electron chi connectivity index (χ4n) is 1.97. The third-order valence-corrected chi connectivity index (χ3v) is 4.59. The van der Waals surface area contributed by atoms with Gasteiger partial charge in [-0.2, -0.15) is 0 Å². The van der Waals surface area contributed by atoms with Crippen molar-refractivity contribution in [3.8, 4) is 0 Å². The van der Waals surface area contributed by atoms with E-state index in [2.05, 4.69) is 4.72 Å². The molecule has 0 unspecified atom stereocenters. The van der Waals surface area contributed by atoms with Crippen LogP contribution in [0.5, 0.6) is 0 Å². The number of likely N-dealkylation sites (N-methyl/N-ethyl adjacent to an activating group) is 1. The first-order valence-electron chi connectivity index (χ1n) is 7.26. The third-order valence-electron chi connectivity index (χ3n) is 3.13. The first-order chi connectivity index (χ1) is 11.7. The molecule has 0 bridgehead atoms. The van der Waals surface area contributed by atoms with Crippen LogP contribution in [0.4, 0.5) is 5.69 Å². The van der Waals surface area contributed by atoms with Crippen LogP contribution in [0.1, 0.15) is 15.2 Å². The molecule has 1 heterocycles. The van der Waals surface area contributed by atoms with E-state index in [1.165, 1.54) is 40.5 Å². The van der Waals surface area contributed by atoms with E-state index in [-0.39, 0.29) is 23.8 Å². The molecule has 0 aliphatic heterocycles. The van der Waals surface area contributed by atoms with Gasteiger partial charge in [0.1, 0.15) is 0 Å². The predicted molar refractivity (Wildman–Crippen MR) is 96.0 cm³/mol. The molecular weight excluding hydrogens is 364 g/mol. The molecule has 1 amide bonds. The Kier molecular flexibility index (Phi) is 6.16. The number of ether oxygens (including phenoxy) is 1. The first-order valence-corrected chi connectivity index (χ1v) is 10.0. The van der Waals surface area contributed by atoms with Crippen LogP contribution in [0, 0.1) is 0 Å². The number of anilines is 1. The minimum atomic E-state index is -3.44. The number of nitrogens with one attached hydrogen (secondary N) is 1. The van der Waals surface area contributed by atoms with Gasteiger partial charge in [-0.15, -0.1) is 11.3 Å². The number of carbonyl (C=O) groups excluding carboxylic acids is 2. The summed E-state index contributed by atoms with van der Waals surface area (Å²) in [5.41, 5.74) is 0.403. The second-order valence-corrected chi connectivity index (χ2v) is 8.14. The Bertz CT molecular complexity index is 847. The fourth-order valence-corrected chi connectivity index (χ4v) is 3.28. The lowest BCUT2D eigenvalue weighted by Gasteiger charge is -2.16. The van der Waals surface area contributed by atoms with Crippen LogP contribution in [-0.4, -0.2) is 45.1 Å². The molecule has 0 spiro atoms. The summed E-state index contributed by atoms with van der Waals surface area (Å²) in [6, 6.07) is 9.68. The Labute approximate surface area is 150 Å². The highest BCUT2D eigenvalue weighted by atomic mass is 32.2. The van der Waals surface area contributed by atoms with E-state index in [0.29, 0.717) is 6.54 Å². The van der Waals surface area contributed by atoms with Gasteiger partial charge in [-0.05, 0) is 29.6 Å². The number of hydrogen-bond acceptors (Lipinski definition) is 6. The highest BCUT2D eigenvalue weighted by Gasteiger charge is 2.15. The molecule has 134 valence electrons. The van der Waals surface area contributed by atoms with E-state index in [4.69, 9.17) is 4.74 Å². The zero-order chi connectivity index (χ0) is 18.4.